The molecule has 1 heterocycles. The zero-order chi connectivity index (χ0) is 13.2. The second-order valence-electron chi connectivity index (χ2n) is 4.43. The van der Waals surface area contributed by atoms with Crippen LogP contribution in [-0.4, -0.2) is 12.1 Å². The van der Waals surface area contributed by atoms with E-state index in [1.165, 1.54) is 5.39 Å². The van der Waals surface area contributed by atoms with Gasteiger partial charge in [-0.3, -0.25) is 0 Å². The van der Waals surface area contributed by atoms with Gasteiger partial charge in [-0.25, -0.2) is 0 Å². The SMILES string of the molecule is COc1ccccc1-c1[nH]c2ccccc2c1CN. The Morgan fingerprint density at radius 1 is 1.05 bits per heavy atom. The zero-order valence-electron chi connectivity index (χ0n) is 10.8. The van der Waals surface area contributed by atoms with Crippen molar-refractivity contribution < 1.29 is 4.74 Å². The van der Waals surface area contributed by atoms with E-state index in [0.717, 1.165) is 28.1 Å². The van der Waals surface area contributed by atoms with Gasteiger partial charge in [0.05, 0.1) is 12.8 Å². The molecule has 3 aromatic rings. The molecule has 0 unspecified atom stereocenters. The summed E-state index contributed by atoms with van der Waals surface area (Å²) in [7, 11) is 1.68. The summed E-state index contributed by atoms with van der Waals surface area (Å²) in [5.74, 6) is 0.851. The summed E-state index contributed by atoms with van der Waals surface area (Å²) >= 11 is 0. The molecule has 3 nitrogen and oxygen atoms in total. The van der Waals surface area contributed by atoms with Crippen LogP contribution < -0.4 is 10.5 Å². The summed E-state index contributed by atoms with van der Waals surface area (Å²) in [6.07, 6.45) is 0. The molecule has 0 radical (unpaired) electrons. The quantitative estimate of drug-likeness (QED) is 0.751. The Bertz CT molecular complexity index is 716. The van der Waals surface area contributed by atoms with Crippen molar-refractivity contribution >= 4 is 10.9 Å². The summed E-state index contributed by atoms with van der Waals surface area (Å²) in [5, 5.41) is 1.17. The molecule has 0 aliphatic rings. The van der Waals surface area contributed by atoms with E-state index in [9.17, 15) is 0 Å². The highest BCUT2D eigenvalue weighted by Crippen LogP contribution is 2.35. The van der Waals surface area contributed by atoms with Crippen LogP contribution in [0.5, 0.6) is 5.75 Å². The molecule has 0 saturated carbocycles. The van der Waals surface area contributed by atoms with Crippen LogP contribution in [0.25, 0.3) is 22.2 Å². The molecule has 0 amide bonds. The first-order chi connectivity index (χ1) is 9.35. The lowest BCUT2D eigenvalue weighted by molar-refractivity contribution is 0.416. The molecule has 0 spiro atoms. The number of fused-ring (bicyclic) bond motifs is 1. The first-order valence-electron chi connectivity index (χ1n) is 6.28. The molecule has 1 aromatic heterocycles. The standard InChI is InChI=1S/C16H16N2O/c1-19-15-9-5-3-7-12(15)16-13(10-17)11-6-2-4-8-14(11)18-16/h2-9,18H,10,17H2,1H3. The largest absolute Gasteiger partial charge is 0.496 e. The minimum absolute atomic E-state index is 0.497. The van der Waals surface area contributed by atoms with Crippen molar-refractivity contribution in [1.82, 2.24) is 4.98 Å². The number of aromatic nitrogens is 1. The van der Waals surface area contributed by atoms with Crippen LogP contribution in [0.4, 0.5) is 0 Å². The molecule has 19 heavy (non-hydrogen) atoms. The molecular formula is C16H16N2O. The van der Waals surface area contributed by atoms with Gasteiger partial charge in [0.2, 0.25) is 0 Å². The normalized spacial score (nSPS) is 10.8. The molecule has 3 N–H and O–H groups in total. The van der Waals surface area contributed by atoms with E-state index in [0.29, 0.717) is 6.54 Å². The third-order valence-corrected chi connectivity index (χ3v) is 3.39. The van der Waals surface area contributed by atoms with E-state index in [1.54, 1.807) is 7.11 Å². The van der Waals surface area contributed by atoms with Crippen molar-refractivity contribution in [3.05, 3.63) is 54.1 Å². The predicted octanol–water partition coefficient (Wildman–Crippen LogP) is 3.30. The maximum Gasteiger partial charge on any atom is 0.128 e. The van der Waals surface area contributed by atoms with E-state index in [4.69, 9.17) is 10.5 Å². The van der Waals surface area contributed by atoms with E-state index in [1.807, 2.05) is 36.4 Å². The third-order valence-electron chi connectivity index (χ3n) is 3.39. The molecule has 0 bridgehead atoms. The number of hydrogen-bond donors (Lipinski definition) is 2. The van der Waals surface area contributed by atoms with Gasteiger partial charge in [0.15, 0.2) is 0 Å². The van der Waals surface area contributed by atoms with Crippen LogP contribution in [-0.2, 0) is 6.54 Å². The van der Waals surface area contributed by atoms with Gasteiger partial charge in [0, 0.05) is 23.0 Å². The van der Waals surface area contributed by atoms with Gasteiger partial charge in [-0.2, -0.15) is 0 Å². The number of benzene rings is 2. The molecule has 0 saturated heterocycles. The molecule has 2 aromatic carbocycles. The number of nitrogens with two attached hydrogens (primary N) is 1. The molecular weight excluding hydrogens is 236 g/mol. The van der Waals surface area contributed by atoms with Crippen LogP contribution >= 0.6 is 0 Å². The maximum atomic E-state index is 5.93. The Kier molecular flexibility index (Phi) is 2.97. The summed E-state index contributed by atoms with van der Waals surface area (Å²) in [6, 6.07) is 16.2. The van der Waals surface area contributed by atoms with Gasteiger partial charge in [-0.05, 0) is 23.8 Å². The van der Waals surface area contributed by atoms with Crippen LogP contribution in [0, 0.1) is 0 Å². The summed E-state index contributed by atoms with van der Waals surface area (Å²) < 4.78 is 5.43. The topological polar surface area (TPSA) is 51.0 Å². The number of nitrogens with one attached hydrogen (secondary N) is 1. The lowest BCUT2D eigenvalue weighted by atomic mass is 10.0. The van der Waals surface area contributed by atoms with Crippen LogP contribution in [0.2, 0.25) is 0 Å². The Labute approximate surface area is 112 Å². The highest BCUT2D eigenvalue weighted by Gasteiger charge is 2.14. The van der Waals surface area contributed by atoms with Crippen LogP contribution in [0.3, 0.4) is 0 Å². The maximum absolute atomic E-state index is 5.93. The lowest BCUT2D eigenvalue weighted by Crippen LogP contribution is -1.98. The highest BCUT2D eigenvalue weighted by atomic mass is 16.5. The molecule has 0 atom stereocenters. The van der Waals surface area contributed by atoms with Crippen LogP contribution in [0.1, 0.15) is 5.56 Å². The first kappa shape index (κ1) is 11.8. The summed E-state index contributed by atoms with van der Waals surface area (Å²) in [5.41, 5.74) is 10.2. The smallest absolute Gasteiger partial charge is 0.128 e. The number of H-pyrrole nitrogens is 1. The average molecular weight is 252 g/mol. The monoisotopic (exact) mass is 252 g/mol. The molecule has 3 rings (SSSR count). The number of aromatic amines is 1. The Balaban J connectivity index is 2.30. The molecule has 3 heteroatoms. The van der Waals surface area contributed by atoms with Crippen molar-refractivity contribution in [2.24, 2.45) is 5.73 Å². The van der Waals surface area contributed by atoms with Gasteiger partial charge in [-0.1, -0.05) is 30.3 Å². The second-order valence-corrected chi connectivity index (χ2v) is 4.43. The Morgan fingerprint density at radius 3 is 2.58 bits per heavy atom. The number of rotatable bonds is 3. The van der Waals surface area contributed by atoms with Gasteiger partial charge < -0.3 is 15.5 Å². The average Bonchev–Trinajstić information content (AvgIpc) is 2.85. The van der Waals surface area contributed by atoms with Gasteiger partial charge in [0.1, 0.15) is 5.75 Å². The molecule has 0 fully saturated rings. The molecule has 96 valence electrons. The van der Waals surface area contributed by atoms with Crippen molar-refractivity contribution in [3.8, 4) is 17.0 Å². The fourth-order valence-electron chi connectivity index (χ4n) is 2.49. The van der Waals surface area contributed by atoms with Crippen molar-refractivity contribution in [1.29, 1.82) is 0 Å². The van der Waals surface area contributed by atoms with Gasteiger partial charge >= 0.3 is 0 Å². The van der Waals surface area contributed by atoms with Crippen molar-refractivity contribution in [2.75, 3.05) is 7.11 Å². The van der Waals surface area contributed by atoms with Gasteiger partial charge in [0.25, 0.3) is 0 Å². The van der Waals surface area contributed by atoms with E-state index < -0.39 is 0 Å². The number of para-hydroxylation sites is 2. The van der Waals surface area contributed by atoms with Gasteiger partial charge in [-0.15, -0.1) is 0 Å². The summed E-state index contributed by atoms with van der Waals surface area (Å²) in [4.78, 5) is 3.45. The highest BCUT2D eigenvalue weighted by molar-refractivity contribution is 5.91. The van der Waals surface area contributed by atoms with Crippen molar-refractivity contribution in [2.45, 2.75) is 6.54 Å². The van der Waals surface area contributed by atoms with E-state index >= 15 is 0 Å². The fraction of sp³-hybridized carbons (Fsp3) is 0.125. The second kappa shape index (κ2) is 4.78. The van der Waals surface area contributed by atoms with Crippen LogP contribution in [0.15, 0.2) is 48.5 Å². The van der Waals surface area contributed by atoms with Crippen molar-refractivity contribution in [3.63, 3.8) is 0 Å². The fourth-order valence-corrected chi connectivity index (χ4v) is 2.49. The Hall–Kier alpha value is -2.26. The number of methoxy groups -OCH3 is 1. The minimum Gasteiger partial charge on any atom is -0.496 e. The lowest BCUT2D eigenvalue weighted by Gasteiger charge is -2.08. The summed E-state index contributed by atoms with van der Waals surface area (Å²) in [6.45, 7) is 0.497. The van der Waals surface area contributed by atoms with E-state index in [-0.39, 0.29) is 0 Å². The molecule has 0 aliphatic heterocycles. The van der Waals surface area contributed by atoms with E-state index in [2.05, 4.69) is 17.1 Å². The first-order valence-corrected chi connectivity index (χ1v) is 6.28. The molecule has 0 aliphatic carbocycles. The third kappa shape index (κ3) is 1.88. The minimum atomic E-state index is 0.497. The Morgan fingerprint density at radius 2 is 1.79 bits per heavy atom. The number of ether oxygens (including phenoxy) is 1. The number of hydrogen-bond acceptors (Lipinski definition) is 2. The predicted molar refractivity (Wildman–Crippen MR) is 78.2 cm³/mol. The zero-order valence-corrected chi connectivity index (χ0v) is 10.8.